The van der Waals surface area contributed by atoms with Crippen molar-refractivity contribution in [3.8, 4) is 11.8 Å². The first-order chi connectivity index (χ1) is 13.2. The predicted molar refractivity (Wildman–Crippen MR) is 104 cm³/mol. The summed E-state index contributed by atoms with van der Waals surface area (Å²) in [5.74, 6) is 0.420. The van der Waals surface area contributed by atoms with Crippen molar-refractivity contribution in [2.75, 3.05) is 6.61 Å². The van der Waals surface area contributed by atoms with Crippen molar-refractivity contribution in [3.05, 3.63) is 70.3 Å². The molecular formula is C23H23NO3. The molecule has 4 heteroatoms. The van der Waals surface area contributed by atoms with E-state index in [0.717, 1.165) is 46.4 Å². The van der Waals surface area contributed by atoms with E-state index < -0.39 is 0 Å². The Morgan fingerprint density at radius 3 is 2.70 bits per heavy atom. The number of rotatable bonds is 5. The third-order valence-corrected chi connectivity index (χ3v) is 4.52. The Bertz CT molecular complexity index is 921. The average molecular weight is 361 g/mol. The van der Waals surface area contributed by atoms with Crippen LogP contribution in [-0.4, -0.2) is 12.6 Å². The highest BCUT2D eigenvalue weighted by atomic mass is 16.5. The Balaban J connectivity index is 2.15. The van der Waals surface area contributed by atoms with E-state index in [1.54, 1.807) is 6.07 Å². The lowest BCUT2D eigenvalue weighted by Crippen LogP contribution is -2.08. The fourth-order valence-electron chi connectivity index (χ4n) is 3.27. The Hall–Kier alpha value is -3.06. The minimum atomic E-state index is -0.332. The lowest BCUT2D eigenvalue weighted by molar-refractivity contribution is 0.0505. The summed E-state index contributed by atoms with van der Waals surface area (Å²) in [7, 11) is 0. The Morgan fingerprint density at radius 2 is 1.96 bits per heavy atom. The van der Waals surface area contributed by atoms with Gasteiger partial charge in [0.1, 0.15) is 12.4 Å². The molecule has 0 amide bonds. The van der Waals surface area contributed by atoms with Crippen LogP contribution in [0.4, 0.5) is 0 Å². The molecule has 1 aliphatic rings. The molecule has 0 unspecified atom stereocenters. The summed E-state index contributed by atoms with van der Waals surface area (Å²) in [5, 5.41) is 9.77. The number of hydrogen-bond acceptors (Lipinski definition) is 4. The lowest BCUT2D eigenvalue weighted by Gasteiger charge is -2.13. The molecule has 2 aromatic carbocycles. The van der Waals surface area contributed by atoms with Crippen molar-refractivity contribution in [3.63, 3.8) is 0 Å². The Morgan fingerprint density at radius 1 is 1.15 bits per heavy atom. The molecule has 2 aromatic rings. The molecule has 0 bridgehead atoms. The summed E-state index contributed by atoms with van der Waals surface area (Å²) < 4.78 is 11.2. The van der Waals surface area contributed by atoms with Gasteiger partial charge in [-0.05, 0) is 42.2 Å². The fourth-order valence-corrected chi connectivity index (χ4v) is 3.27. The summed E-state index contributed by atoms with van der Waals surface area (Å²) in [4.78, 5) is 12.2. The normalized spacial score (nSPS) is 14.1. The average Bonchev–Trinajstić information content (AvgIpc) is 2.86. The molecule has 0 saturated heterocycles. The van der Waals surface area contributed by atoms with Gasteiger partial charge in [0, 0.05) is 16.7 Å². The fraction of sp³-hybridized carbons (Fsp3) is 0.304. The van der Waals surface area contributed by atoms with E-state index in [9.17, 15) is 10.1 Å². The second-order valence-electron chi connectivity index (χ2n) is 6.51. The summed E-state index contributed by atoms with van der Waals surface area (Å²) in [6, 6.07) is 15.6. The molecule has 0 N–H and O–H groups in total. The van der Waals surface area contributed by atoms with Gasteiger partial charge in [0.05, 0.1) is 18.2 Å². The zero-order valence-electron chi connectivity index (χ0n) is 15.7. The number of nitriles is 1. The smallest absolute Gasteiger partial charge is 0.338 e. The topological polar surface area (TPSA) is 59.3 Å². The molecule has 0 radical (unpaired) electrons. The summed E-state index contributed by atoms with van der Waals surface area (Å²) >= 11 is 0. The first-order valence-electron chi connectivity index (χ1n) is 9.35. The Labute approximate surface area is 160 Å². The van der Waals surface area contributed by atoms with Gasteiger partial charge in [-0.2, -0.15) is 5.26 Å². The molecule has 27 heavy (non-hydrogen) atoms. The highest BCUT2D eigenvalue weighted by molar-refractivity contribution is 5.93. The number of para-hydroxylation sites is 1. The minimum absolute atomic E-state index is 0.332. The van der Waals surface area contributed by atoms with Gasteiger partial charge in [-0.3, -0.25) is 0 Å². The zero-order chi connectivity index (χ0) is 19.2. The summed E-state index contributed by atoms with van der Waals surface area (Å²) in [5.41, 5.74) is 4.88. The van der Waals surface area contributed by atoms with Gasteiger partial charge >= 0.3 is 5.97 Å². The van der Waals surface area contributed by atoms with E-state index in [0.29, 0.717) is 25.2 Å². The summed E-state index contributed by atoms with van der Waals surface area (Å²) in [6.45, 7) is 4.77. The first kappa shape index (κ1) is 18.7. The van der Waals surface area contributed by atoms with Gasteiger partial charge in [0.25, 0.3) is 0 Å². The summed E-state index contributed by atoms with van der Waals surface area (Å²) in [6.07, 6.45) is 2.36. The number of carbonyl (C=O) groups is 1. The quantitative estimate of drug-likeness (QED) is 0.537. The Kier molecular flexibility index (Phi) is 5.93. The van der Waals surface area contributed by atoms with Crippen LogP contribution < -0.4 is 4.74 Å². The van der Waals surface area contributed by atoms with Gasteiger partial charge < -0.3 is 9.47 Å². The van der Waals surface area contributed by atoms with Crippen molar-refractivity contribution in [2.24, 2.45) is 0 Å². The highest BCUT2D eigenvalue weighted by Gasteiger charge is 2.23. The van der Waals surface area contributed by atoms with Crippen LogP contribution >= 0.6 is 0 Å². The molecule has 1 aliphatic heterocycles. The van der Waals surface area contributed by atoms with Crippen LogP contribution in [0.3, 0.4) is 0 Å². The molecule has 1 heterocycles. The molecule has 0 saturated carbocycles. The molecule has 0 aliphatic carbocycles. The van der Waals surface area contributed by atoms with Gasteiger partial charge in [-0.1, -0.05) is 44.5 Å². The molecule has 0 atom stereocenters. The van der Waals surface area contributed by atoms with E-state index in [1.807, 2.05) is 43.3 Å². The van der Waals surface area contributed by atoms with Crippen LogP contribution in [0.15, 0.2) is 48.0 Å². The number of esters is 1. The monoisotopic (exact) mass is 361 g/mol. The van der Waals surface area contributed by atoms with Crippen molar-refractivity contribution < 1.29 is 14.3 Å². The molecule has 0 spiro atoms. The molecule has 138 valence electrons. The maximum Gasteiger partial charge on any atom is 0.338 e. The number of nitrogens with zero attached hydrogens (tertiary/aromatic N) is 1. The lowest BCUT2D eigenvalue weighted by atomic mass is 9.88. The van der Waals surface area contributed by atoms with Gasteiger partial charge in [-0.25, -0.2) is 4.79 Å². The number of ether oxygens (including phenoxy) is 2. The van der Waals surface area contributed by atoms with E-state index >= 15 is 0 Å². The van der Waals surface area contributed by atoms with Crippen LogP contribution in [-0.2, 0) is 11.3 Å². The maximum absolute atomic E-state index is 12.2. The number of allylic oxidation sites excluding steroid dienone is 1. The molecule has 0 fully saturated rings. The van der Waals surface area contributed by atoms with Gasteiger partial charge in [0.2, 0.25) is 0 Å². The van der Waals surface area contributed by atoms with Crippen LogP contribution in [0.2, 0.25) is 0 Å². The number of carbonyl (C=O) groups excluding carboxylic acids is 1. The zero-order valence-corrected chi connectivity index (χ0v) is 15.7. The molecular weight excluding hydrogens is 338 g/mol. The minimum Gasteiger partial charge on any atom is -0.488 e. The van der Waals surface area contributed by atoms with E-state index in [2.05, 4.69) is 13.0 Å². The third-order valence-electron chi connectivity index (χ3n) is 4.52. The molecule has 4 nitrogen and oxygen atoms in total. The number of benzene rings is 2. The van der Waals surface area contributed by atoms with E-state index in [1.165, 1.54) is 0 Å². The standard InChI is InChI=1S/C23H23NO3/c1-3-7-17(14-24)22-19-11-10-16(23(25)26-12-4-2)13-18(19)15-27-21-9-6-5-8-20(21)22/h5-6,8-11,13H,3-4,7,12,15H2,1-2H3/b22-17-. The van der Waals surface area contributed by atoms with E-state index in [-0.39, 0.29) is 5.97 Å². The van der Waals surface area contributed by atoms with Crippen molar-refractivity contribution in [2.45, 2.75) is 39.7 Å². The second-order valence-corrected chi connectivity index (χ2v) is 6.51. The van der Waals surface area contributed by atoms with Crippen molar-refractivity contribution in [1.82, 2.24) is 0 Å². The van der Waals surface area contributed by atoms with Crippen molar-refractivity contribution >= 4 is 11.5 Å². The molecule has 3 rings (SSSR count). The maximum atomic E-state index is 12.2. The highest BCUT2D eigenvalue weighted by Crippen LogP contribution is 2.39. The van der Waals surface area contributed by atoms with Gasteiger partial charge in [0.15, 0.2) is 0 Å². The van der Waals surface area contributed by atoms with Crippen molar-refractivity contribution in [1.29, 1.82) is 5.26 Å². The van der Waals surface area contributed by atoms with Crippen LogP contribution in [0.5, 0.6) is 5.75 Å². The number of fused-ring (bicyclic) bond motifs is 2. The van der Waals surface area contributed by atoms with Crippen LogP contribution in [0.1, 0.15) is 60.2 Å². The molecule has 0 aromatic heterocycles. The van der Waals surface area contributed by atoms with E-state index in [4.69, 9.17) is 9.47 Å². The predicted octanol–water partition coefficient (Wildman–Crippen LogP) is 5.27. The second kappa shape index (κ2) is 8.55. The van der Waals surface area contributed by atoms with Crippen LogP contribution in [0.25, 0.3) is 5.57 Å². The largest absolute Gasteiger partial charge is 0.488 e. The van der Waals surface area contributed by atoms with Crippen LogP contribution in [0, 0.1) is 11.3 Å². The third kappa shape index (κ3) is 3.88. The first-order valence-corrected chi connectivity index (χ1v) is 9.35. The SMILES string of the molecule is CCCOC(=O)c1ccc2c(c1)COc1ccccc1/C2=C(\C#N)CCC. The van der Waals surface area contributed by atoms with Gasteiger partial charge in [-0.15, -0.1) is 0 Å². The number of hydrogen-bond donors (Lipinski definition) is 0.